The van der Waals surface area contributed by atoms with Gasteiger partial charge in [-0.2, -0.15) is 5.26 Å². The normalized spacial score (nSPS) is 9.40. The monoisotopic (exact) mass is 208 g/mol. The fourth-order valence-electron chi connectivity index (χ4n) is 1.04. The number of aromatic hydroxyl groups is 1. The largest absolute Gasteiger partial charge is 0.505 e. The van der Waals surface area contributed by atoms with Crippen molar-refractivity contribution in [2.75, 3.05) is 5.32 Å². The van der Waals surface area contributed by atoms with Crippen molar-refractivity contribution in [3.05, 3.63) is 23.5 Å². The van der Waals surface area contributed by atoms with Gasteiger partial charge < -0.3 is 10.4 Å². The van der Waals surface area contributed by atoms with Crippen LogP contribution in [-0.4, -0.2) is 11.0 Å². The Morgan fingerprint density at radius 1 is 1.67 bits per heavy atom. The molecule has 1 rings (SSSR count). The van der Waals surface area contributed by atoms with Crippen LogP contribution in [0.3, 0.4) is 0 Å². The number of benzene rings is 1. The molecule has 1 amide bonds. The maximum Gasteiger partial charge on any atom is 0.238 e. The van der Waals surface area contributed by atoms with E-state index in [1.807, 2.05) is 0 Å². The van der Waals surface area contributed by atoms with Crippen LogP contribution >= 0.6 is 0 Å². The SMILES string of the molecule is Cc1c(F)ccc(NC(=O)CC#N)c1O. The molecule has 0 heterocycles. The number of carbonyl (C=O) groups excluding carboxylic acids is 1. The lowest BCUT2D eigenvalue weighted by Gasteiger charge is -2.08. The smallest absolute Gasteiger partial charge is 0.238 e. The molecule has 0 fully saturated rings. The molecule has 0 radical (unpaired) electrons. The summed E-state index contributed by atoms with van der Waals surface area (Å²) in [6.45, 7) is 1.39. The Morgan fingerprint density at radius 3 is 2.93 bits per heavy atom. The van der Waals surface area contributed by atoms with Crippen LogP contribution < -0.4 is 5.32 Å². The minimum Gasteiger partial charge on any atom is -0.505 e. The van der Waals surface area contributed by atoms with Crippen LogP contribution in [0.4, 0.5) is 10.1 Å². The number of amides is 1. The zero-order valence-corrected chi connectivity index (χ0v) is 8.04. The number of anilines is 1. The summed E-state index contributed by atoms with van der Waals surface area (Å²) in [5, 5.41) is 20.0. The van der Waals surface area contributed by atoms with Gasteiger partial charge in [-0.15, -0.1) is 0 Å². The summed E-state index contributed by atoms with van der Waals surface area (Å²) < 4.78 is 12.9. The number of rotatable bonds is 2. The van der Waals surface area contributed by atoms with Crippen LogP contribution in [0.15, 0.2) is 12.1 Å². The molecule has 0 aliphatic carbocycles. The second kappa shape index (κ2) is 4.42. The molecule has 0 aliphatic heterocycles. The van der Waals surface area contributed by atoms with Gasteiger partial charge in [-0.1, -0.05) is 0 Å². The van der Waals surface area contributed by atoms with Crippen molar-refractivity contribution in [2.45, 2.75) is 13.3 Å². The average Bonchev–Trinajstić information content (AvgIpc) is 2.20. The first-order chi connectivity index (χ1) is 7.06. The first-order valence-electron chi connectivity index (χ1n) is 4.21. The van der Waals surface area contributed by atoms with Crippen molar-refractivity contribution in [3.8, 4) is 11.8 Å². The fraction of sp³-hybridized carbons (Fsp3) is 0.200. The highest BCUT2D eigenvalue weighted by Crippen LogP contribution is 2.28. The van der Waals surface area contributed by atoms with Gasteiger partial charge in [-0.05, 0) is 19.1 Å². The second-order valence-electron chi connectivity index (χ2n) is 2.95. The van der Waals surface area contributed by atoms with E-state index in [9.17, 15) is 14.3 Å². The first kappa shape index (κ1) is 11.0. The number of phenolic OH excluding ortho intramolecular Hbond substituents is 1. The molecule has 0 saturated heterocycles. The number of nitriles is 1. The van der Waals surface area contributed by atoms with Crippen LogP contribution in [-0.2, 0) is 4.79 Å². The lowest BCUT2D eigenvalue weighted by molar-refractivity contribution is -0.115. The molecule has 0 aliphatic rings. The van der Waals surface area contributed by atoms with E-state index in [0.717, 1.165) is 6.07 Å². The van der Waals surface area contributed by atoms with Gasteiger partial charge in [0.15, 0.2) is 0 Å². The second-order valence-corrected chi connectivity index (χ2v) is 2.95. The Bertz CT molecular complexity index is 438. The third-order valence-electron chi connectivity index (χ3n) is 1.88. The van der Waals surface area contributed by atoms with Gasteiger partial charge in [0, 0.05) is 5.56 Å². The molecule has 0 unspecified atom stereocenters. The molecular formula is C10H9FN2O2. The van der Waals surface area contributed by atoms with E-state index in [2.05, 4.69) is 5.32 Å². The van der Waals surface area contributed by atoms with Crippen molar-refractivity contribution in [1.29, 1.82) is 5.26 Å². The van der Waals surface area contributed by atoms with Crippen LogP contribution in [0.5, 0.6) is 5.75 Å². The summed E-state index contributed by atoms with van der Waals surface area (Å²) in [5.41, 5.74) is 0.166. The average molecular weight is 208 g/mol. The number of phenols is 1. The van der Waals surface area contributed by atoms with E-state index >= 15 is 0 Å². The van der Waals surface area contributed by atoms with Crippen LogP contribution in [0, 0.1) is 24.1 Å². The predicted octanol–water partition coefficient (Wildman–Crippen LogP) is 1.69. The molecule has 4 nitrogen and oxygen atoms in total. The fourth-order valence-corrected chi connectivity index (χ4v) is 1.04. The summed E-state index contributed by atoms with van der Waals surface area (Å²) in [7, 11) is 0. The van der Waals surface area contributed by atoms with E-state index in [1.165, 1.54) is 13.0 Å². The highest BCUT2D eigenvalue weighted by Gasteiger charge is 2.10. The summed E-state index contributed by atoms with van der Waals surface area (Å²) in [6.07, 6.45) is -0.310. The van der Waals surface area contributed by atoms with Crippen molar-refractivity contribution >= 4 is 11.6 Å². The molecule has 0 spiro atoms. The lowest BCUT2D eigenvalue weighted by atomic mass is 10.2. The van der Waals surface area contributed by atoms with Gasteiger partial charge in [-0.25, -0.2) is 4.39 Å². The van der Waals surface area contributed by atoms with E-state index in [4.69, 9.17) is 5.26 Å². The van der Waals surface area contributed by atoms with Crippen molar-refractivity contribution in [3.63, 3.8) is 0 Å². The number of nitrogens with zero attached hydrogens (tertiary/aromatic N) is 1. The third kappa shape index (κ3) is 2.44. The maximum absolute atomic E-state index is 12.9. The summed E-state index contributed by atoms with van der Waals surface area (Å²) in [6, 6.07) is 4.04. The molecule has 1 aromatic carbocycles. The number of halogens is 1. The Balaban J connectivity index is 2.93. The third-order valence-corrected chi connectivity index (χ3v) is 1.88. The van der Waals surface area contributed by atoms with E-state index < -0.39 is 11.7 Å². The van der Waals surface area contributed by atoms with Gasteiger partial charge in [0.25, 0.3) is 0 Å². The minimum absolute atomic E-state index is 0.0600. The summed E-state index contributed by atoms with van der Waals surface area (Å²) in [5.74, 6) is -1.41. The Morgan fingerprint density at radius 2 is 2.33 bits per heavy atom. The molecule has 5 heteroatoms. The van der Waals surface area contributed by atoms with Gasteiger partial charge in [0.05, 0.1) is 11.8 Å². The van der Waals surface area contributed by atoms with Gasteiger partial charge >= 0.3 is 0 Å². The quantitative estimate of drug-likeness (QED) is 0.726. The number of nitrogens with one attached hydrogen (secondary N) is 1. The zero-order valence-electron chi connectivity index (χ0n) is 8.04. The Kier molecular flexibility index (Phi) is 3.24. The number of hydrogen-bond acceptors (Lipinski definition) is 3. The summed E-state index contributed by atoms with van der Waals surface area (Å²) >= 11 is 0. The predicted molar refractivity (Wildman–Crippen MR) is 51.7 cm³/mol. The van der Waals surface area contributed by atoms with Gasteiger partial charge in [-0.3, -0.25) is 4.79 Å². The molecular weight excluding hydrogens is 199 g/mol. The first-order valence-corrected chi connectivity index (χ1v) is 4.21. The molecule has 15 heavy (non-hydrogen) atoms. The molecule has 2 N–H and O–H groups in total. The van der Waals surface area contributed by atoms with Crippen LogP contribution in [0.1, 0.15) is 12.0 Å². The van der Waals surface area contributed by atoms with Crippen LogP contribution in [0.2, 0.25) is 0 Å². The van der Waals surface area contributed by atoms with Gasteiger partial charge in [0.1, 0.15) is 18.0 Å². The standard InChI is InChI=1S/C10H9FN2O2/c1-6-7(11)2-3-8(10(6)15)13-9(14)4-5-12/h2-3,15H,4H2,1H3,(H,13,14). The molecule has 1 aromatic rings. The number of hydrogen-bond donors (Lipinski definition) is 2. The molecule has 0 bridgehead atoms. The lowest BCUT2D eigenvalue weighted by Crippen LogP contribution is -2.10. The van der Waals surface area contributed by atoms with Gasteiger partial charge in [0.2, 0.25) is 5.91 Å². The van der Waals surface area contributed by atoms with Crippen molar-refractivity contribution in [1.82, 2.24) is 0 Å². The van der Waals surface area contributed by atoms with Crippen molar-refractivity contribution < 1.29 is 14.3 Å². The number of carbonyl (C=O) groups is 1. The van der Waals surface area contributed by atoms with Crippen molar-refractivity contribution in [2.24, 2.45) is 0 Å². The minimum atomic E-state index is -0.550. The Hall–Kier alpha value is -2.09. The molecule has 0 aromatic heterocycles. The molecule has 0 atom stereocenters. The van der Waals surface area contributed by atoms with E-state index in [1.54, 1.807) is 6.07 Å². The molecule has 0 saturated carbocycles. The highest BCUT2D eigenvalue weighted by molar-refractivity contribution is 5.93. The van der Waals surface area contributed by atoms with E-state index in [-0.39, 0.29) is 23.4 Å². The highest BCUT2D eigenvalue weighted by atomic mass is 19.1. The topological polar surface area (TPSA) is 73.1 Å². The zero-order chi connectivity index (χ0) is 11.4. The van der Waals surface area contributed by atoms with Crippen LogP contribution in [0.25, 0.3) is 0 Å². The van der Waals surface area contributed by atoms with E-state index in [0.29, 0.717) is 0 Å². The maximum atomic E-state index is 12.9. The Labute approximate surface area is 86.0 Å². The summed E-state index contributed by atoms with van der Waals surface area (Å²) in [4.78, 5) is 11.0. The molecule has 78 valence electrons.